The number of ether oxygens (including phenoxy) is 2. The number of alkyl carbamates (subject to hydrolysis) is 1. The molecule has 2 aromatic rings. The highest BCUT2D eigenvalue weighted by molar-refractivity contribution is 7.98. The van der Waals surface area contributed by atoms with E-state index in [0.717, 1.165) is 22.3 Å². The molecule has 0 saturated carbocycles. The van der Waals surface area contributed by atoms with E-state index in [2.05, 4.69) is 34.9 Å². The summed E-state index contributed by atoms with van der Waals surface area (Å²) in [6.45, 7) is 0.199. The molecule has 1 aliphatic rings. The molecule has 33 heavy (non-hydrogen) atoms. The van der Waals surface area contributed by atoms with Crippen LogP contribution in [-0.2, 0) is 19.1 Å². The van der Waals surface area contributed by atoms with Gasteiger partial charge >= 0.3 is 12.1 Å². The van der Waals surface area contributed by atoms with Gasteiger partial charge in [-0.2, -0.15) is 11.8 Å². The van der Waals surface area contributed by atoms with E-state index >= 15 is 0 Å². The first-order valence-electron chi connectivity index (χ1n) is 10.7. The molecule has 3 rings (SSSR count). The fourth-order valence-electron chi connectivity index (χ4n) is 3.77. The highest BCUT2D eigenvalue weighted by Gasteiger charge is 2.29. The Morgan fingerprint density at radius 2 is 1.70 bits per heavy atom. The Morgan fingerprint density at radius 3 is 2.30 bits per heavy atom. The van der Waals surface area contributed by atoms with Crippen molar-refractivity contribution in [3.8, 4) is 11.1 Å². The van der Waals surface area contributed by atoms with Crippen LogP contribution in [0.4, 0.5) is 4.79 Å². The zero-order valence-corrected chi connectivity index (χ0v) is 19.2. The maximum Gasteiger partial charge on any atom is 0.407 e. The Balaban J connectivity index is 1.36. The normalized spacial score (nSPS) is 13.0. The van der Waals surface area contributed by atoms with Gasteiger partial charge in [-0.15, -0.1) is 0 Å². The number of rotatable bonds is 12. The van der Waals surface area contributed by atoms with Crippen molar-refractivity contribution in [2.24, 2.45) is 0 Å². The summed E-state index contributed by atoms with van der Waals surface area (Å²) in [5.74, 6) is -0.974. The van der Waals surface area contributed by atoms with Crippen molar-refractivity contribution in [3.05, 3.63) is 59.7 Å². The molecule has 2 amide bonds. The van der Waals surface area contributed by atoms with Gasteiger partial charge in [-0.05, 0) is 40.7 Å². The second-order valence-corrected chi connectivity index (χ2v) is 8.53. The molecule has 176 valence electrons. The smallest absolute Gasteiger partial charge is 0.407 e. The standard InChI is InChI=1S/C24H28N2O6S/c1-33-13-10-21(23(28)29)26-22(27)15-31-12-11-25-24(30)32-14-20-18-8-4-2-6-16(18)17-7-3-5-9-19(17)20/h2-9,20-21H,10-15H2,1H3,(H,25,30)(H,26,27)(H,28,29)/t21-/m1/s1. The van der Waals surface area contributed by atoms with Gasteiger partial charge in [0.2, 0.25) is 5.91 Å². The Morgan fingerprint density at radius 1 is 1.06 bits per heavy atom. The van der Waals surface area contributed by atoms with Crippen LogP contribution in [0.25, 0.3) is 11.1 Å². The average molecular weight is 473 g/mol. The number of carbonyl (C=O) groups is 3. The van der Waals surface area contributed by atoms with Crippen molar-refractivity contribution in [2.45, 2.75) is 18.4 Å². The molecule has 1 aliphatic carbocycles. The fraction of sp³-hybridized carbons (Fsp3) is 0.375. The topological polar surface area (TPSA) is 114 Å². The zero-order valence-electron chi connectivity index (χ0n) is 18.4. The van der Waals surface area contributed by atoms with Gasteiger partial charge in [0.15, 0.2) is 0 Å². The number of hydrogen-bond acceptors (Lipinski definition) is 6. The molecule has 9 heteroatoms. The first-order valence-corrected chi connectivity index (χ1v) is 12.1. The van der Waals surface area contributed by atoms with E-state index in [9.17, 15) is 14.4 Å². The Hall–Kier alpha value is -3.04. The fourth-order valence-corrected chi connectivity index (χ4v) is 4.24. The van der Waals surface area contributed by atoms with Crippen LogP contribution in [0.5, 0.6) is 0 Å². The third-order valence-corrected chi connectivity index (χ3v) is 5.98. The van der Waals surface area contributed by atoms with Gasteiger partial charge in [0.25, 0.3) is 0 Å². The summed E-state index contributed by atoms with van der Waals surface area (Å²) in [6.07, 6.45) is 1.65. The van der Waals surface area contributed by atoms with Gasteiger partial charge in [-0.3, -0.25) is 4.79 Å². The first-order chi connectivity index (χ1) is 16.0. The second kappa shape index (κ2) is 12.3. The van der Waals surface area contributed by atoms with Gasteiger partial charge in [-0.1, -0.05) is 48.5 Å². The molecule has 0 saturated heterocycles. The van der Waals surface area contributed by atoms with Crippen LogP contribution in [0.2, 0.25) is 0 Å². The lowest BCUT2D eigenvalue weighted by molar-refractivity contribution is -0.142. The van der Waals surface area contributed by atoms with E-state index in [4.69, 9.17) is 14.6 Å². The number of hydrogen-bond donors (Lipinski definition) is 3. The van der Waals surface area contributed by atoms with Crippen molar-refractivity contribution in [1.29, 1.82) is 0 Å². The maximum atomic E-state index is 12.1. The minimum absolute atomic E-state index is 0.0172. The third-order valence-electron chi connectivity index (χ3n) is 5.34. The summed E-state index contributed by atoms with van der Waals surface area (Å²) in [7, 11) is 0. The average Bonchev–Trinajstić information content (AvgIpc) is 3.13. The molecule has 0 radical (unpaired) electrons. The van der Waals surface area contributed by atoms with E-state index in [1.165, 1.54) is 11.8 Å². The number of benzene rings is 2. The lowest BCUT2D eigenvalue weighted by Gasteiger charge is -2.15. The number of thioether (sulfide) groups is 1. The number of carboxylic acid groups (broad SMARTS) is 1. The lowest BCUT2D eigenvalue weighted by atomic mass is 9.98. The van der Waals surface area contributed by atoms with E-state index in [-0.39, 0.29) is 32.3 Å². The second-order valence-electron chi connectivity index (χ2n) is 7.54. The number of nitrogens with one attached hydrogen (secondary N) is 2. The Kier molecular flexibility index (Phi) is 9.14. The van der Waals surface area contributed by atoms with Crippen molar-refractivity contribution in [3.63, 3.8) is 0 Å². The van der Waals surface area contributed by atoms with Gasteiger partial charge in [0, 0.05) is 12.5 Å². The quantitative estimate of drug-likeness (QED) is 0.407. The van der Waals surface area contributed by atoms with Crippen molar-refractivity contribution < 1.29 is 29.0 Å². The molecular weight excluding hydrogens is 444 g/mol. The third kappa shape index (κ3) is 6.72. The predicted molar refractivity (Wildman–Crippen MR) is 126 cm³/mol. The highest BCUT2D eigenvalue weighted by atomic mass is 32.2. The molecule has 1 atom stereocenters. The monoisotopic (exact) mass is 472 g/mol. The van der Waals surface area contributed by atoms with E-state index in [1.54, 1.807) is 0 Å². The molecule has 0 spiro atoms. The molecule has 8 nitrogen and oxygen atoms in total. The van der Waals surface area contributed by atoms with Crippen LogP contribution in [0.15, 0.2) is 48.5 Å². The predicted octanol–water partition coefficient (Wildman–Crippen LogP) is 2.86. The summed E-state index contributed by atoms with van der Waals surface area (Å²) < 4.78 is 10.7. The lowest BCUT2D eigenvalue weighted by Crippen LogP contribution is -2.43. The Labute approximate surface area is 197 Å². The highest BCUT2D eigenvalue weighted by Crippen LogP contribution is 2.44. The first kappa shape index (κ1) is 24.6. The van der Waals surface area contributed by atoms with Gasteiger partial charge < -0.3 is 25.2 Å². The molecule has 0 bridgehead atoms. The minimum Gasteiger partial charge on any atom is -0.480 e. The summed E-state index contributed by atoms with van der Waals surface area (Å²) in [4.78, 5) is 35.1. The zero-order chi connectivity index (χ0) is 23.6. The molecule has 2 aromatic carbocycles. The number of carbonyl (C=O) groups excluding carboxylic acids is 2. The van der Waals surface area contributed by atoms with Gasteiger partial charge in [0.1, 0.15) is 19.3 Å². The van der Waals surface area contributed by atoms with E-state index in [0.29, 0.717) is 12.2 Å². The number of amides is 2. The van der Waals surface area contributed by atoms with Crippen molar-refractivity contribution >= 4 is 29.7 Å². The van der Waals surface area contributed by atoms with Crippen LogP contribution in [0, 0.1) is 0 Å². The largest absolute Gasteiger partial charge is 0.480 e. The van der Waals surface area contributed by atoms with Crippen LogP contribution in [0.1, 0.15) is 23.5 Å². The molecule has 0 unspecified atom stereocenters. The van der Waals surface area contributed by atoms with Crippen LogP contribution >= 0.6 is 11.8 Å². The minimum atomic E-state index is -1.07. The van der Waals surface area contributed by atoms with Crippen molar-refractivity contribution in [1.82, 2.24) is 10.6 Å². The van der Waals surface area contributed by atoms with Gasteiger partial charge in [-0.25, -0.2) is 9.59 Å². The summed E-state index contributed by atoms with van der Waals surface area (Å²) in [6, 6.07) is 15.3. The molecular formula is C24H28N2O6S. The number of fused-ring (bicyclic) bond motifs is 3. The van der Waals surface area contributed by atoms with Crippen molar-refractivity contribution in [2.75, 3.05) is 38.4 Å². The summed E-state index contributed by atoms with van der Waals surface area (Å²) >= 11 is 1.51. The number of carboxylic acids is 1. The summed E-state index contributed by atoms with van der Waals surface area (Å²) in [5, 5.41) is 14.2. The van der Waals surface area contributed by atoms with Crippen LogP contribution < -0.4 is 10.6 Å². The molecule has 0 aliphatic heterocycles. The summed E-state index contributed by atoms with van der Waals surface area (Å²) in [5.41, 5.74) is 4.59. The molecule has 3 N–H and O–H groups in total. The van der Waals surface area contributed by atoms with Crippen LogP contribution in [0.3, 0.4) is 0 Å². The number of aliphatic carboxylic acids is 1. The Bertz CT molecular complexity index is 937. The van der Waals surface area contributed by atoms with E-state index < -0.39 is 24.0 Å². The van der Waals surface area contributed by atoms with E-state index in [1.807, 2.05) is 30.5 Å². The molecule has 0 aromatic heterocycles. The maximum absolute atomic E-state index is 12.1. The molecule has 0 fully saturated rings. The van der Waals surface area contributed by atoms with Gasteiger partial charge in [0.05, 0.1) is 6.61 Å². The SMILES string of the molecule is CSCC[C@@H](NC(=O)COCCNC(=O)OCC1c2ccccc2-c2ccccc21)C(=O)O. The van der Waals surface area contributed by atoms with Crippen LogP contribution in [-0.4, -0.2) is 67.5 Å². The molecule has 0 heterocycles.